The minimum Gasteiger partial charge on any atom is -0.478 e. The summed E-state index contributed by atoms with van der Waals surface area (Å²) in [4.78, 5) is 11.4. The summed E-state index contributed by atoms with van der Waals surface area (Å²) in [5, 5.41) is 9.39. The van der Waals surface area contributed by atoms with E-state index in [2.05, 4.69) is 6.07 Å². The minimum atomic E-state index is -0.948. The quantitative estimate of drug-likeness (QED) is 0.911. The molecule has 1 N–H and O–H groups in total. The lowest BCUT2D eigenvalue weighted by Crippen LogP contribution is -2.29. The minimum absolute atomic E-state index is 0.357. The molecule has 0 aliphatic heterocycles. The molecule has 0 spiro atoms. The van der Waals surface area contributed by atoms with Gasteiger partial charge in [-0.05, 0) is 49.6 Å². The molecule has 2 rings (SSSR count). The Morgan fingerprint density at radius 2 is 1.81 bits per heavy atom. The highest BCUT2D eigenvalue weighted by Crippen LogP contribution is 2.18. The van der Waals surface area contributed by atoms with Crippen LogP contribution < -0.4 is 4.74 Å². The molecule has 0 bridgehead atoms. The van der Waals surface area contributed by atoms with Crippen molar-refractivity contribution in [1.29, 1.82) is 0 Å². The number of carbonyl (C=O) groups is 1. The van der Waals surface area contributed by atoms with Gasteiger partial charge in [-0.25, -0.2) is 4.79 Å². The largest absolute Gasteiger partial charge is 0.478 e. The highest BCUT2D eigenvalue weighted by Gasteiger charge is 2.21. The van der Waals surface area contributed by atoms with Crippen LogP contribution in [0.25, 0.3) is 0 Å². The van der Waals surface area contributed by atoms with Gasteiger partial charge >= 0.3 is 5.97 Å². The Kier molecular flexibility index (Phi) is 4.63. The smallest absolute Gasteiger partial charge is 0.345 e. The van der Waals surface area contributed by atoms with Crippen molar-refractivity contribution in [1.82, 2.24) is 0 Å². The maximum atomic E-state index is 11.4. The van der Waals surface area contributed by atoms with Crippen LogP contribution >= 0.6 is 0 Å². The Morgan fingerprint density at radius 1 is 1.10 bits per heavy atom. The van der Waals surface area contributed by atoms with E-state index >= 15 is 0 Å². The van der Waals surface area contributed by atoms with E-state index in [9.17, 15) is 9.90 Å². The Labute approximate surface area is 125 Å². The monoisotopic (exact) mass is 284 g/mol. The van der Waals surface area contributed by atoms with Gasteiger partial charge < -0.3 is 9.84 Å². The molecule has 0 radical (unpaired) electrons. The van der Waals surface area contributed by atoms with E-state index in [4.69, 9.17) is 4.74 Å². The summed E-state index contributed by atoms with van der Waals surface area (Å²) < 4.78 is 5.65. The summed E-state index contributed by atoms with van der Waals surface area (Å²) >= 11 is 0. The van der Waals surface area contributed by atoms with E-state index in [-0.39, 0.29) is 0 Å². The van der Waals surface area contributed by atoms with Crippen molar-refractivity contribution >= 4 is 5.97 Å². The number of hydrogen-bond acceptors (Lipinski definition) is 2. The number of carboxylic acid groups (broad SMARTS) is 1. The molecule has 0 amide bonds. The molecule has 0 saturated heterocycles. The van der Waals surface area contributed by atoms with Crippen LogP contribution in [0.15, 0.2) is 42.5 Å². The van der Waals surface area contributed by atoms with Crippen LogP contribution in [0.2, 0.25) is 0 Å². The van der Waals surface area contributed by atoms with E-state index < -0.39 is 12.1 Å². The fraction of sp³-hybridized carbons (Fsp3) is 0.278. The number of aliphatic carboxylic acids is 1. The molecule has 0 fully saturated rings. The van der Waals surface area contributed by atoms with E-state index in [0.29, 0.717) is 12.2 Å². The van der Waals surface area contributed by atoms with Gasteiger partial charge in [0.1, 0.15) is 5.75 Å². The highest BCUT2D eigenvalue weighted by atomic mass is 16.5. The van der Waals surface area contributed by atoms with Crippen LogP contribution in [0, 0.1) is 20.8 Å². The summed E-state index contributed by atoms with van der Waals surface area (Å²) in [6.45, 7) is 5.97. The first kappa shape index (κ1) is 15.1. The molecule has 0 unspecified atom stereocenters. The van der Waals surface area contributed by atoms with Gasteiger partial charge in [-0.15, -0.1) is 0 Å². The first-order valence-corrected chi connectivity index (χ1v) is 6.98. The fourth-order valence-electron chi connectivity index (χ4n) is 2.31. The van der Waals surface area contributed by atoms with Crippen LogP contribution in [0.3, 0.4) is 0 Å². The Bertz CT molecular complexity index is 647. The second-order valence-corrected chi connectivity index (χ2v) is 5.40. The van der Waals surface area contributed by atoms with Gasteiger partial charge in [-0.1, -0.05) is 35.9 Å². The van der Waals surface area contributed by atoms with Gasteiger partial charge in [-0.3, -0.25) is 0 Å². The third-order valence-electron chi connectivity index (χ3n) is 3.45. The summed E-state index contributed by atoms with van der Waals surface area (Å²) in [6.07, 6.45) is -0.525. The molecule has 2 aromatic carbocycles. The van der Waals surface area contributed by atoms with Gasteiger partial charge in [0.05, 0.1) is 0 Å². The predicted molar refractivity (Wildman–Crippen MR) is 82.9 cm³/mol. The standard InChI is InChI=1S/C18H20O3/c1-12-5-4-6-16(10-12)21-17(18(19)20)11-15-8-7-13(2)9-14(15)3/h4-10,17H,11H2,1-3H3,(H,19,20)/t17-/m1/s1. The molecule has 1 atom stereocenters. The number of aryl methyl sites for hydroxylation is 3. The Hall–Kier alpha value is -2.29. The average molecular weight is 284 g/mol. The van der Waals surface area contributed by atoms with Crippen LogP contribution in [0.4, 0.5) is 0 Å². The van der Waals surface area contributed by atoms with Gasteiger partial charge in [0.25, 0.3) is 0 Å². The number of ether oxygens (including phenoxy) is 1. The molecule has 0 aliphatic carbocycles. The zero-order chi connectivity index (χ0) is 15.4. The van der Waals surface area contributed by atoms with Crippen molar-refractivity contribution in [2.75, 3.05) is 0 Å². The topological polar surface area (TPSA) is 46.5 Å². The van der Waals surface area contributed by atoms with Crippen molar-refractivity contribution in [3.63, 3.8) is 0 Å². The molecule has 2 aromatic rings. The van der Waals surface area contributed by atoms with E-state index in [0.717, 1.165) is 16.7 Å². The number of carboxylic acids is 1. The first-order valence-electron chi connectivity index (χ1n) is 6.98. The second kappa shape index (κ2) is 6.44. The van der Waals surface area contributed by atoms with Crippen molar-refractivity contribution in [2.45, 2.75) is 33.3 Å². The molecule has 0 saturated carbocycles. The molecule has 0 aliphatic rings. The number of benzene rings is 2. The molecule has 0 aromatic heterocycles. The SMILES string of the molecule is Cc1cccc(O[C@H](Cc2ccc(C)cc2C)C(=O)O)c1. The highest BCUT2D eigenvalue weighted by molar-refractivity contribution is 5.73. The lowest BCUT2D eigenvalue weighted by molar-refractivity contribution is -0.145. The number of hydrogen-bond donors (Lipinski definition) is 1. The maximum absolute atomic E-state index is 11.4. The van der Waals surface area contributed by atoms with Crippen molar-refractivity contribution in [2.24, 2.45) is 0 Å². The summed E-state index contributed by atoms with van der Waals surface area (Å²) in [5.74, 6) is -0.358. The van der Waals surface area contributed by atoms with E-state index in [1.165, 1.54) is 5.56 Å². The lowest BCUT2D eigenvalue weighted by atomic mass is 10.0. The van der Waals surface area contributed by atoms with Crippen molar-refractivity contribution in [3.05, 3.63) is 64.7 Å². The maximum Gasteiger partial charge on any atom is 0.345 e. The second-order valence-electron chi connectivity index (χ2n) is 5.40. The average Bonchev–Trinajstić information content (AvgIpc) is 2.40. The summed E-state index contributed by atoms with van der Waals surface area (Å²) in [6, 6.07) is 13.5. The molecular formula is C18H20O3. The first-order chi connectivity index (χ1) is 9.95. The molecular weight excluding hydrogens is 264 g/mol. The zero-order valence-corrected chi connectivity index (χ0v) is 12.6. The third kappa shape index (κ3) is 4.09. The Morgan fingerprint density at radius 3 is 2.43 bits per heavy atom. The van der Waals surface area contributed by atoms with Gasteiger partial charge in [0, 0.05) is 6.42 Å². The normalized spacial score (nSPS) is 12.0. The lowest BCUT2D eigenvalue weighted by Gasteiger charge is -2.17. The Balaban J connectivity index is 2.18. The summed E-state index contributed by atoms with van der Waals surface area (Å²) in [5.41, 5.74) is 4.31. The molecule has 3 nitrogen and oxygen atoms in total. The fourth-order valence-corrected chi connectivity index (χ4v) is 2.31. The van der Waals surface area contributed by atoms with Crippen LogP contribution in [-0.2, 0) is 11.2 Å². The van der Waals surface area contributed by atoms with Crippen LogP contribution in [-0.4, -0.2) is 17.2 Å². The summed E-state index contributed by atoms with van der Waals surface area (Å²) in [7, 11) is 0. The van der Waals surface area contributed by atoms with Gasteiger partial charge in [0.15, 0.2) is 6.10 Å². The third-order valence-corrected chi connectivity index (χ3v) is 3.45. The van der Waals surface area contributed by atoms with Gasteiger partial charge in [-0.2, -0.15) is 0 Å². The molecule has 3 heteroatoms. The zero-order valence-electron chi connectivity index (χ0n) is 12.6. The van der Waals surface area contributed by atoms with E-state index in [1.54, 1.807) is 6.07 Å². The van der Waals surface area contributed by atoms with Crippen molar-refractivity contribution < 1.29 is 14.6 Å². The molecule has 0 heterocycles. The van der Waals surface area contributed by atoms with E-state index in [1.807, 2.05) is 51.1 Å². The van der Waals surface area contributed by atoms with Crippen LogP contribution in [0.5, 0.6) is 5.75 Å². The molecule has 21 heavy (non-hydrogen) atoms. The number of rotatable bonds is 5. The van der Waals surface area contributed by atoms with Crippen LogP contribution in [0.1, 0.15) is 22.3 Å². The predicted octanol–water partition coefficient (Wildman–Crippen LogP) is 3.69. The van der Waals surface area contributed by atoms with Gasteiger partial charge in [0.2, 0.25) is 0 Å². The van der Waals surface area contributed by atoms with Crippen molar-refractivity contribution in [3.8, 4) is 5.75 Å². The molecule has 110 valence electrons.